The van der Waals surface area contributed by atoms with Gasteiger partial charge in [0.15, 0.2) is 0 Å². The number of aromatic amines is 2. The maximum atomic E-state index is 4.62. The van der Waals surface area contributed by atoms with Crippen molar-refractivity contribution in [2.45, 2.75) is 19.3 Å². The van der Waals surface area contributed by atoms with E-state index in [1.165, 1.54) is 22.2 Å². The summed E-state index contributed by atoms with van der Waals surface area (Å²) in [5.41, 5.74) is 4.68. The molecular formula is C28H35N9. The van der Waals surface area contributed by atoms with Crippen LogP contribution in [-0.2, 0) is 12.8 Å². The Balaban J connectivity index is 1.21. The van der Waals surface area contributed by atoms with E-state index < -0.39 is 0 Å². The highest BCUT2D eigenvalue weighted by molar-refractivity contribution is 5.80. The Labute approximate surface area is 217 Å². The summed E-state index contributed by atoms with van der Waals surface area (Å²) < 4.78 is 0. The molecule has 192 valence electrons. The van der Waals surface area contributed by atoms with E-state index >= 15 is 0 Å². The van der Waals surface area contributed by atoms with Crippen LogP contribution in [0.4, 0.5) is 17.8 Å². The lowest BCUT2D eigenvalue weighted by Crippen LogP contribution is -2.18. The van der Waals surface area contributed by atoms with Gasteiger partial charge in [0.25, 0.3) is 0 Å². The highest BCUT2D eigenvalue weighted by atomic mass is 15.3. The standard InChI is InChI=1S/C28H35N9/c1-37(2)17-7-14-29-26-34-27(30-15-12-22-18-20-8-3-5-10-24(20)32-22)36-28(35-26)31-16-13-23-19-21-9-4-6-11-25(21)33-23/h3-6,8-11,18-19,32-33H,7,12-17H2,1-2H3,(H3,29,30,31,34,35,36). The molecule has 9 nitrogen and oxygen atoms in total. The minimum atomic E-state index is 0.564. The summed E-state index contributed by atoms with van der Waals surface area (Å²) in [6, 6.07) is 21.0. The third kappa shape index (κ3) is 6.77. The normalized spacial score (nSPS) is 11.4. The van der Waals surface area contributed by atoms with Gasteiger partial charge in [-0.2, -0.15) is 15.0 Å². The quantitative estimate of drug-likeness (QED) is 0.152. The Morgan fingerprint density at radius 2 is 1.11 bits per heavy atom. The van der Waals surface area contributed by atoms with Crippen LogP contribution in [0, 0.1) is 0 Å². The minimum absolute atomic E-state index is 0.564. The van der Waals surface area contributed by atoms with Crippen LogP contribution in [-0.4, -0.2) is 70.1 Å². The number of hydrogen-bond donors (Lipinski definition) is 5. The molecule has 0 saturated carbocycles. The number of rotatable bonds is 13. The third-order valence-corrected chi connectivity index (χ3v) is 6.23. The Bertz CT molecular complexity index is 1270. The molecule has 3 heterocycles. The van der Waals surface area contributed by atoms with Crippen LogP contribution in [0.25, 0.3) is 21.8 Å². The monoisotopic (exact) mass is 497 g/mol. The number of para-hydroxylation sites is 2. The summed E-state index contributed by atoms with van der Waals surface area (Å²) >= 11 is 0. The lowest BCUT2D eigenvalue weighted by Gasteiger charge is -2.12. The van der Waals surface area contributed by atoms with Crippen LogP contribution >= 0.6 is 0 Å². The molecule has 0 bridgehead atoms. The molecule has 0 atom stereocenters. The zero-order valence-corrected chi connectivity index (χ0v) is 21.5. The first-order chi connectivity index (χ1) is 18.1. The fourth-order valence-corrected chi connectivity index (χ4v) is 4.36. The number of fused-ring (bicyclic) bond motifs is 2. The van der Waals surface area contributed by atoms with Crippen LogP contribution in [0.5, 0.6) is 0 Å². The van der Waals surface area contributed by atoms with Crippen molar-refractivity contribution in [3.63, 3.8) is 0 Å². The van der Waals surface area contributed by atoms with Crippen molar-refractivity contribution >= 4 is 39.7 Å². The predicted molar refractivity (Wildman–Crippen MR) is 152 cm³/mol. The first kappa shape index (κ1) is 24.6. The zero-order chi connectivity index (χ0) is 25.5. The van der Waals surface area contributed by atoms with Crippen molar-refractivity contribution in [1.82, 2.24) is 29.8 Å². The van der Waals surface area contributed by atoms with E-state index in [0.29, 0.717) is 30.9 Å². The first-order valence-electron chi connectivity index (χ1n) is 12.9. The largest absolute Gasteiger partial charge is 0.358 e. The van der Waals surface area contributed by atoms with Gasteiger partial charge in [-0.1, -0.05) is 36.4 Å². The van der Waals surface area contributed by atoms with Crippen LogP contribution in [0.3, 0.4) is 0 Å². The van der Waals surface area contributed by atoms with Gasteiger partial charge in [-0.3, -0.25) is 0 Å². The van der Waals surface area contributed by atoms with Crippen LogP contribution in [0.1, 0.15) is 17.8 Å². The average molecular weight is 498 g/mol. The number of nitrogens with one attached hydrogen (secondary N) is 5. The fraction of sp³-hybridized carbons (Fsp3) is 0.321. The van der Waals surface area contributed by atoms with Crippen molar-refractivity contribution in [2.75, 3.05) is 56.2 Å². The summed E-state index contributed by atoms with van der Waals surface area (Å²) in [4.78, 5) is 23.0. The van der Waals surface area contributed by atoms with Gasteiger partial charge >= 0.3 is 0 Å². The SMILES string of the molecule is CN(C)CCCNc1nc(NCCc2cc3ccccc3[nH]2)nc(NCCc2cc3ccccc3[nH]2)n1. The van der Waals surface area contributed by atoms with Crippen molar-refractivity contribution in [1.29, 1.82) is 0 Å². The van der Waals surface area contributed by atoms with Crippen LogP contribution in [0.15, 0.2) is 60.7 Å². The van der Waals surface area contributed by atoms with Gasteiger partial charge in [0.1, 0.15) is 0 Å². The molecule has 5 rings (SSSR count). The van der Waals surface area contributed by atoms with E-state index in [1.54, 1.807) is 0 Å². The number of H-pyrrole nitrogens is 2. The average Bonchev–Trinajstić information content (AvgIpc) is 3.50. The van der Waals surface area contributed by atoms with E-state index in [1.807, 2.05) is 12.1 Å². The number of nitrogens with zero attached hydrogens (tertiary/aromatic N) is 4. The molecule has 0 radical (unpaired) electrons. The van der Waals surface area contributed by atoms with Crippen molar-refractivity contribution in [2.24, 2.45) is 0 Å². The molecule has 0 aliphatic heterocycles. The number of aromatic nitrogens is 5. The van der Waals surface area contributed by atoms with E-state index in [2.05, 4.69) is 108 Å². The van der Waals surface area contributed by atoms with Gasteiger partial charge in [0.2, 0.25) is 17.8 Å². The van der Waals surface area contributed by atoms with Crippen LogP contribution < -0.4 is 16.0 Å². The topological polar surface area (TPSA) is 110 Å². The van der Waals surface area contributed by atoms with E-state index in [-0.39, 0.29) is 0 Å². The number of hydrogen-bond acceptors (Lipinski definition) is 7. The lowest BCUT2D eigenvalue weighted by molar-refractivity contribution is 0.405. The molecule has 5 N–H and O–H groups in total. The van der Waals surface area contributed by atoms with Gasteiger partial charge in [-0.25, -0.2) is 0 Å². The van der Waals surface area contributed by atoms with E-state index in [4.69, 9.17) is 0 Å². The Hall–Kier alpha value is -4.11. The summed E-state index contributed by atoms with van der Waals surface area (Å²) in [7, 11) is 4.15. The van der Waals surface area contributed by atoms with Gasteiger partial charge in [-0.15, -0.1) is 0 Å². The second kappa shape index (κ2) is 11.7. The molecule has 0 amide bonds. The third-order valence-electron chi connectivity index (χ3n) is 6.23. The highest BCUT2D eigenvalue weighted by Gasteiger charge is 2.08. The molecule has 0 spiro atoms. The Morgan fingerprint density at radius 3 is 1.57 bits per heavy atom. The second-order valence-corrected chi connectivity index (χ2v) is 9.51. The molecular weight excluding hydrogens is 462 g/mol. The highest BCUT2D eigenvalue weighted by Crippen LogP contribution is 2.17. The smallest absolute Gasteiger partial charge is 0.229 e. The second-order valence-electron chi connectivity index (χ2n) is 9.51. The molecule has 5 aromatic rings. The molecule has 3 aromatic heterocycles. The molecule has 37 heavy (non-hydrogen) atoms. The number of benzene rings is 2. The first-order valence-corrected chi connectivity index (χ1v) is 12.9. The Kier molecular flexibility index (Phi) is 7.81. The summed E-state index contributed by atoms with van der Waals surface area (Å²) in [5, 5.41) is 12.6. The molecule has 0 fully saturated rings. The van der Waals surface area contributed by atoms with Gasteiger partial charge in [-0.05, 0) is 62.1 Å². The Morgan fingerprint density at radius 1 is 0.649 bits per heavy atom. The maximum absolute atomic E-state index is 4.62. The fourth-order valence-electron chi connectivity index (χ4n) is 4.36. The minimum Gasteiger partial charge on any atom is -0.358 e. The van der Waals surface area contributed by atoms with E-state index in [0.717, 1.165) is 43.4 Å². The summed E-state index contributed by atoms with van der Waals surface area (Å²) in [5.74, 6) is 1.71. The van der Waals surface area contributed by atoms with Gasteiger partial charge in [0, 0.05) is 54.9 Å². The van der Waals surface area contributed by atoms with Crippen molar-refractivity contribution in [3.05, 3.63) is 72.1 Å². The molecule has 0 aliphatic carbocycles. The molecule has 2 aromatic carbocycles. The molecule has 0 saturated heterocycles. The van der Waals surface area contributed by atoms with E-state index in [9.17, 15) is 0 Å². The molecule has 0 aliphatic rings. The molecule has 9 heteroatoms. The van der Waals surface area contributed by atoms with Crippen molar-refractivity contribution < 1.29 is 0 Å². The van der Waals surface area contributed by atoms with Crippen LogP contribution in [0.2, 0.25) is 0 Å². The summed E-state index contributed by atoms with van der Waals surface area (Å²) in [6.45, 7) is 3.23. The number of anilines is 3. The molecule has 0 unspecified atom stereocenters. The maximum Gasteiger partial charge on any atom is 0.229 e. The summed E-state index contributed by atoms with van der Waals surface area (Å²) in [6.07, 6.45) is 2.69. The van der Waals surface area contributed by atoms with Gasteiger partial charge < -0.3 is 30.8 Å². The zero-order valence-electron chi connectivity index (χ0n) is 21.5. The van der Waals surface area contributed by atoms with Crippen molar-refractivity contribution in [3.8, 4) is 0 Å². The predicted octanol–water partition coefficient (Wildman–Crippen LogP) is 4.51. The lowest BCUT2D eigenvalue weighted by atomic mass is 10.2. The van der Waals surface area contributed by atoms with Gasteiger partial charge in [0.05, 0.1) is 0 Å².